The van der Waals surface area contributed by atoms with E-state index in [1.165, 1.54) is 0 Å². The lowest BCUT2D eigenvalue weighted by molar-refractivity contribution is -0.116. The minimum atomic E-state index is -0.0326. The number of benzene rings is 2. The van der Waals surface area contributed by atoms with Crippen molar-refractivity contribution >= 4 is 23.2 Å². The molecule has 1 heterocycles. The Bertz CT molecular complexity index is 941. The molecular formula is C22H17ClN2O. The van der Waals surface area contributed by atoms with Crippen LogP contribution in [-0.4, -0.2) is 10.9 Å². The maximum atomic E-state index is 12.2. The van der Waals surface area contributed by atoms with Crippen molar-refractivity contribution in [3.63, 3.8) is 0 Å². The van der Waals surface area contributed by atoms with E-state index in [0.29, 0.717) is 23.6 Å². The quantitative estimate of drug-likeness (QED) is 0.685. The van der Waals surface area contributed by atoms with E-state index in [2.05, 4.69) is 22.1 Å². The molecule has 3 rings (SSSR count). The monoisotopic (exact) mass is 360 g/mol. The second-order valence-electron chi connectivity index (χ2n) is 5.72. The fraction of sp³-hybridized carbons (Fsp3) is 0.0909. The van der Waals surface area contributed by atoms with Gasteiger partial charge in [0, 0.05) is 28.9 Å². The van der Waals surface area contributed by atoms with Gasteiger partial charge in [-0.1, -0.05) is 41.8 Å². The summed E-state index contributed by atoms with van der Waals surface area (Å²) in [6.07, 6.45) is 2.79. The van der Waals surface area contributed by atoms with Gasteiger partial charge < -0.3 is 5.32 Å². The molecule has 0 radical (unpaired) electrons. The van der Waals surface area contributed by atoms with Crippen LogP contribution in [0, 0.1) is 11.8 Å². The number of nitrogens with one attached hydrogen (secondary N) is 1. The Balaban J connectivity index is 1.58. The van der Waals surface area contributed by atoms with E-state index in [9.17, 15) is 4.79 Å². The molecule has 0 aliphatic heterocycles. The summed E-state index contributed by atoms with van der Waals surface area (Å²) in [5, 5.41) is 3.61. The predicted molar refractivity (Wildman–Crippen MR) is 105 cm³/mol. The number of aromatic nitrogens is 1. The molecule has 0 fully saturated rings. The first kappa shape index (κ1) is 17.7. The number of carbonyl (C=O) groups is 1. The number of hydrogen-bond donors (Lipinski definition) is 1. The van der Waals surface area contributed by atoms with Crippen LogP contribution in [0.5, 0.6) is 0 Å². The zero-order valence-corrected chi connectivity index (χ0v) is 14.8. The van der Waals surface area contributed by atoms with Crippen molar-refractivity contribution in [3.05, 3.63) is 94.8 Å². The van der Waals surface area contributed by atoms with E-state index in [1.807, 2.05) is 66.7 Å². The van der Waals surface area contributed by atoms with Gasteiger partial charge in [-0.05, 0) is 60.4 Å². The third-order valence-corrected chi connectivity index (χ3v) is 3.95. The van der Waals surface area contributed by atoms with E-state index in [4.69, 9.17) is 11.6 Å². The van der Waals surface area contributed by atoms with Crippen LogP contribution in [-0.2, 0) is 11.2 Å². The van der Waals surface area contributed by atoms with Gasteiger partial charge in [0.2, 0.25) is 5.91 Å². The number of halogens is 1. The predicted octanol–water partition coefficient (Wildman–Crippen LogP) is 4.71. The summed E-state index contributed by atoms with van der Waals surface area (Å²) in [6.45, 7) is 0. The molecule has 1 amide bonds. The van der Waals surface area contributed by atoms with Crippen LogP contribution in [0.3, 0.4) is 0 Å². The van der Waals surface area contributed by atoms with Gasteiger partial charge >= 0.3 is 0 Å². The van der Waals surface area contributed by atoms with Crippen molar-refractivity contribution in [3.8, 4) is 11.8 Å². The lowest BCUT2D eigenvalue weighted by Crippen LogP contribution is -2.12. The highest BCUT2D eigenvalue weighted by atomic mass is 35.5. The zero-order valence-electron chi connectivity index (χ0n) is 14.1. The molecule has 0 spiro atoms. The standard InChI is InChI=1S/C22H17ClN2O/c23-19-11-7-17(8-12-19)10-14-22(26)25-21-6-3-4-18(16-21)9-13-20-5-1-2-15-24-20/h1-8,11-12,15-16H,10,14H2,(H,25,26). The first-order valence-electron chi connectivity index (χ1n) is 8.26. The number of amides is 1. The Kier molecular flexibility index (Phi) is 6.03. The number of rotatable bonds is 4. The van der Waals surface area contributed by atoms with Crippen LogP contribution in [0.4, 0.5) is 5.69 Å². The molecule has 0 atom stereocenters. The van der Waals surface area contributed by atoms with Crippen LogP contribution >= 0.6 is 11.6 Å². The molecule has 0 saturated carbocycles. The Morgan fingerprint density at radius 3 is 2.62 bits per heavy atom. The molecule has 1 N–H and O–H groups in total. The maximum Gasteiger partial charge on any atom is 0.224 e. The Hall–Kier alpha value is -3.09. The van der Waals surface area contributed by atoms with Crippen molar-refractivity contribution < 1.29 is 4.79 Å². The Morgan fingerprint density at radius 1 is 1.00 bits per heavy atom. The highest BCUT2D eigenvalue weighted by Gasteiger charge is 2.04. The van der Waals surface area contributed by atoms with Gasteiger partial charge in [-0.15, -0.1) is 0 Å². The summed E-state index contributed by atoms with van der Waals surface area (Å²) < 4.78 is 0. The third-order valence-electron chi connectivity index (χ3n) is 3.70. The van der Waals surface area contributed by atoms with Crippen LogP contribution in [0.15, 0.2) is 72.9 Å². The first-order valence-corrected chi connectivity index (χ1v) is 8.64. The number of aryl methyl sites for hydroxylation is 1. The van der Waals surface area contributed by atoms with Crippen molar-refractivity contribution in [1.29, 1.82) is 0 Å². The summed E-state index contributed by atoms with van der Waals surface area (Å²) in [6, 6.07) is 20.6. The van der Waals surface area contributed by atoms with Gasteiger partial charge in [0.05, 0.1) is 0 Å². The fourth-order valence-corrected chi connectivity index (χ4v) is 2.51. The van der Waals surface area contributed by atoms with Crippen LogP contribution in [0.25, 0.3) is 0 Å². The molecule has 3 aromatic rings. The zero-order chi connectivity index (χ0) is 18.2. The number of pyridine rings is 1. The summed E-state index contributed by atoms with van der Waals surface area (Å²) >= 11 is 5.87. The van der Waals surface area contributed by atoms with Crippen LogP contribution in [0.1, 0.15) is 23.2 Å². The van der Waals surface area contributed by atoms with Crippen molar-refractivity contribution in [2.75, 3.05) is 5.32 Å². The van der Waals surface area contributed by atoms with Gasteiger partial charge in [0.1, 0.15) is 5.69 Å². The van der Waals surface area contributed by atoms with Gasteiger partial charge in [0.25, 0.3) is 0 Å². The average molecular weight is 361 g/mol. The number of nitrogens with zero attached hydrogens (tertiary/aromatic N) is 1. The second kappa shape index (κ2) is 8.84. The summed E-state index contributed by atoms with van der Waals surface area (Å²) in [5.41, 5.74) is 3.36. The van der Waals surface area contributed by atoms with Gasteiger partial charge in [0.15, 0.2) is 0 Å². The highest BCUT2D eigenvalue weighted by molar-refractivity contribution is 6.30. The van der Waals surface area contributed by atoms with E-state index in [-0.39, 0.29) is 5.91 Å². The summed E-state index contributed by atoms with van der Waals surface area (Å²) in [7, 11) is 0. The molecule has 0 bridgehead atoms. The van der Waals surface area contributed by atoms with E-state index in [1.54, 1.807) is 6.20 Å². The minimum absolute atomic E-state index is 0.0326. The van der Waals surface area contributed by atoms with Crippen molar-refractivity contribution in [2.45, 2.75) is 12.8 Å². The van der Waals surface area contributed by atoms with E-state index >= 15 is 0 Å². The third kappa shape index (κ3) is 5.47. The second-order valence-corrected chi connectivity index (χ2v) is 6.16. The average Bonchev–Trinajstić information content (AvgIpc) is 2.67. The van der Waals surface area contributed by atoms with Crippen LogP contribution in [0.2, 0.25) is 5.02 Å². The molecule has 4 heteroatoms. The molecule has 3 nitrogen and oxygen atoms in total. The molecular weight excluding hydrogens is 344 g/mol. The highest BCUT2D eigenvalue weighted by Crippen LogP contribution is 2.13. The number of carbonyl (C=O) groups excluding carboxylic acids is 1. The maximum absolute atomic E-state index is 12.2. The topological polar surface area (TPSA) is 42.0 Å². The van der Waals surface area contributed by atoms with Gasteiger partial charge in [-0.3, -0.25) is 4.79 Å². The molecule has 1 aromatic heterocycles. The summed E-state index contributed by atoms with van der Waals surface area (Å²) in [4.78, 5) is 16.3. The molecule has 0 aliphatic rings. The molecule has 26 heavy (non-hydrogen) atoms. The lowest BCUT2D eigenvalue weighted by atomic mass is 10.1. The van der Waals surface area contributed by atoms with E-state index in [0.717, 1.165) is 16.8 Å². The first-order chi connectivity index (χ1) is 12.7. The van der Waals surface area contributed by atoms with Gasteiger partial charge in [-0.2, -0.15) is 0 Å². The Labute approximate surface area is 158 Å². The molecule has 0 aliphatic carbocycles. The SMILES string of the molecule is O=C(CCc1ccc(Cl)cc1)Nc1cccc(C#Cc2ccccn2)c1. The van der Waals surface area contributed by atoms with Crippen molar-refractivity contribution in [2.24, 2.45) is 0 Å². The number of hydrogen-bond acceptors (Lipinski definition) is 2. The fourth-order valence-electron chi connectivity index (χ4n) is 2.38. The minimum Gasteiger partial charge on any atom is -0.326 e. The normalized spacial score (nSPS) is 9.88. The van der Waals surface area contributed by atoms with Crippen molar-refractivity contribution in [1.82, 2.24) is 4.98 Å². The van der Waals surface area contributed by atoms with E-state index < -0.39 is 0 Å². The lowest BCUT2D eigenvalue weighted by Gasteiger charge is -2.06. The largest absolute Gasteiger partial charge is 0.326 e. The smallest absolute Gasteiger partial charge is 0.224 e. The number of anilines is 1. The summed E-state index contributed by atoms with van der Waals surface area (Å²) in [5.74, 6) is 6.04. The molecule has 0 saturated heterocycles. The van der Waals surface area contributed by atoms with Gasteiger partial charge in [-0.25, -0.2) is 4.98 Å². The van der Waals surface area contributed by atoms with Crippen LogP contribution < -0.4 is 5.32 Å². The molecule has 2 aromatic carbocycles. The molecule has 128 valence electrons. The Morgan fingerprint density at radius 2 is 1.85 bits per heavy atom. The molecule has 0 unspecified atom stereocenters.